The molecule has 1 aliphatic heterocycles. The third-order valence-electron chi connectivity index (χ3n) is 10.4. The van der Waals surface area contributed by atoms with E-state index < -0.39 is 84.6 Å². The molecular weight excluding hydrogens is 963 g/mol. The lowest BCUT2D eigenvalue weighted by atomic mass is 9.87. The molecule has 2 aromatic heterocycles. The Labute approximate surface area is 394 Å². The van der Waals surface area contributed by atoms with Crippen molar-refractivity contribution in [2.45, 2.75) is 148 Å². The molecule has 3 rings (SSSR count). The van der Waals surface area contributed by atoms with Gasteiger partial charge in [-0.05, 0) is 32.1 Å². The number of nitrogens with two attached hydrogens (primary N) is 1. The van der Waals surface area contributed by atoms with E-state index in [-0.39, 0.29) is 41.6 Å². The first-order valence-corrected chi connectivity index (χ1v) is 27.8. The second kappa shape index (κ2) is 28.8. The highest BCUT2D eigenvalue weighted by Crippen LogP contribution is 2.61. The number of phosphoric ester groups is 3. The van der Waals surface area contributed by atoms with Gasteiger partial charge in [0, 0.05) is 37.1 Å². The topological polar surface area (TPSA) is 364 Å². The number of ether oxygens (including phenoxy) is 1. The molecule has 1 saturated heterocycles. The second-order valence-corrected chi connectivity index (χ2v) is 22.0. The summed E-state index contributed by atoms with van der Waals surface area (Å²) in [6.07, 6.45) is 13.4. The molecule has 2 unspecified atom stereocenters. The summed E-state index contributed by atoms with van der Waals surface area (Å²) >= 11 is 1.15. The van der Waals surface area contributed by atoms with Gasteiger partial charge in [-0.15, -0.1) is 0 Å². The standard InChI is InChI=1S/C39H68N7O17P3S/c1-4-5-6-7-8-9-10-11-12-13-14-15-16-17-18-19-30(48)67-23-22-41-29(47)20-21-42-37(51)34(50)39(2,3)25-60-66(57,58)63-65(55,56)59-24-28-33(62-64(52,53)54)32(49)38(61-28)46-27-45-31-35(40)43-26-44-36(31)46/h9-10,26-28,32-34,38,49-50H,4-8,11-25H2,1-3H3,(H,41,47)(H,42,51)(H,55,56)(H,57,58)(H2,40,43,44)(H2,52,53,54)/t28-,32-,33-,34+,38-/m1/s1. The van der Waals surface area contributed by atoms with Gasteiger partial charge in [-0.1, -0.05) is 96.1 Å². The van der Waals surface area contributed by atoms with Gasteiger partial charge in [0.25, 0.3) is 0 Å². The van der Waals surface area contributed by atoms with Crippen molar-refractivity contribution in [3.8, 4) is 0 Å². The zero-order valence-corrected chi connectivity index (χ0v) is 41.6. The van der Waals surface area contributed by atoms with Crippen LogP contribution in [0, 0.1) is 5.41 Å². The van der Waals surface area contributed by atoms with Crippen LogP contribution in [-0.4, -0.2) is 123 Å². The molecule has 7 atom stereocenters. The normalized spacial score (nSPS) is 20.2. The predicted molar refractivity (Wildman–Crippen MR) is 247 cm³/mol. The Morgan fingerprint density at radius 2 is 1.52 bits per heavy atom. The number of hydrogen-bond donors (Lipinski definition) is 9. The smallest absolute Gasteiger partial charge is 0.386 e. The summed E-state index contributed by atoms with van der Waals surface area (Å²) in [5, 5.41) is 26.7. The number of carbonyl (C=O) groups is 3. The van der Waals surface area contributed by atoms with Crippen LogP contribution in [0.2, 0.25) is 0 Å². The fraction of sp³-hybridized carbons (Fsp3) is 0.744. The summed E-state index contributed by atoms with van der Waals surface area (Å²) in [4.78, 5) is 88.3. The number of nitrogens with zero attached hydrogens (tertiary/aromatic N) is 4. The summed E-state index contributed by atoms with van der Waals surface area (Å²) in [5.74, 6) is -1.03. The zero-order valence-electron chi connectivity index (χ0n) is 38.1. The highest BCUT2D eigenvalue weighted by molar-refractivity contribution is 8.13. The number of aliphatic hydroxyl groups is 2. The number of fused-ring (bicyclic) bond motifs is 1. The number of amides is 2. The third-order valence-corrected chi connectivity index (χ3v) is 14.4. The molecule has 0 saturated carbocycles. The molecule has 67 heavy (non-hydrogen) atoms. The summed E-state index contributed by atoms with van der Waals surface area (Å²) in [6, 6.07) is 0. The molecule has 0 radical (unpaired) electrons. The summed E-state index contributed by atoms with van der Waals surface area (Å²) in [5.41, 5.74) is 4.29. The van der Waals surface area contributed by atoms with E-state index in [1.165, 1.54) is 71.6 Å². The number of nitrogens with one attached hydrogen (secondary N) is 2. The Kier molecular flexibility index (Phi) is 25.2. The predicted octanol–water partition coefficient (Wildman–Crippen LogP) is 4.70. The number of aromatic nitrogens is 4. The van der Waals surface area contributed by atoms with E-state index in [1.807, 2.05) is 0 Å². The SMILES string of the molecule is CCCCCCC=CCCCCCCCCCC(=O)SCCNC(=O)CCNC(=O)[C@H](O)C(C)(C)COP(=O)(O)OP(=O)(O)OC[C@H]1O[C@@H](n2cnc3c(N)ncnc32)[C@H](O)[C@@H]1OP(=O)(O)O. The number of anilines is 1. The van der Waals surface area contributed by atoms with Gasteiger partial charge in [0.05, 0.1) is 19.5 Å². The molecule has 0 bridgehead atoms. The number of aliphatic hydroxyl groups excluding tert-OH is 2. The molecule has 382 valence electrons. The minimum Gasteiger partial charge on any atom is -0.386 e. The fourth-order valence-corrected chi connectivity index (χ4v) is 10.3. The minimum absolute atomic E-state index is 0.0332. The van der Waals surface area contributed by atoms with Gasteiger partial charge in [0.15, 0.2) is 22.8 Å². The van der Waals surface area contributed by atoms with Crippen molar-refractivity contribution >= 4 is 69.1 Å². The summed E-state index contributed by atoms with van der Waals surface area (Å²) < 4.78 is 62.4. The first-order valence-electron chi connectivity index (χ1n) is 22.3. The highest BCUT2D eigenvalue weighted by atomic mass is 32.2. The molecule has 28 heteroatoms. The minimum atomic E-state index is -5.57. The molecular formula is C39H68N7O17P3S. The fourth-order valence-electron chi connectivity index (χ4n) is 6.71. The average molecular weight is 1030 g/mol. The van der Waals surface area contributed by atoms with Crippen molar-refractivity contribution in [3.63, 3.8) is 0 Å². The van der Waals surface area contributed by atoms with Crippen molar-refractivity contribution in [1.82, 2.24) is 30.2 Å². The molecule has 3 heterocycles. The molecule has 24 nitrogen and oxygen atoms in total. The summed E-state index contributed by atoms with van der Waals surface area (Å²) in [6.45, 7) is 2.79. The number of allylic oxidation sites excluding steroid dienone is 2. The van der Waals surface area contributed by atoms with Gasteiger partial charge in [0.1, 0.15) is 36.3 Å². The van der Waals surface area contributed by atoms with Gasteiger partial charge >= 0.3 is 23.5 Å². The number of hydrogen-bond acceptors (Lipinski definition) is 18. The van der Waals surface area contributed by atoms with Gasteiger partial charge in [-0.2, -0.15) is 4.31 Å². The molecule has 2 aromatic rings. The first kappa shape index (κ1) is 58.6. The largest absolute Gasteiger partial charge is 0.481 e. The summed E-state index contributed by atoms with van der Waals surface area (Å²) in [7, 11) is -16.4. The quantitative estimate of drug-likeness (QED) is 0.0260. The Morgan fingerprint density at radius 1 is 0.896 bits per heavy atom. The van der Waals surface area contributed by atoms with Crippen molar-refractivity contribution in [2.75, 3.05) is 37.8 Å². The van der Waals surface area contributed by atoms with Crippen molar-refractivity contribution < 1.29 is 80.5 Å². The molecule has 0 aliphatic carbocycles. The van der Waals surface area contributed by atoms with Crippen LogP contribution in [0.1, 0.15) is 123 Å². The van der Waals surface area contributed by atoms with Crippen LogP contribution in [0.3, 0.4) is 0 Å². The van der Waals surface area contributed by atoms with Crippen LogP contribution in [0.5, 0.6) is 0 Å². The van der Waals surface area contributed by atoms with E-state index >= 15 is 0 Å². The van der Waals surface area contributed by atoms with Gasteiger partial charge in [-0.3, -0.25) is 32.5 Å². The number of phosphoric acid groups is 3. The Balaban J connectivity index is 1.30. The monoisotopic (exact) mass is 1030 g/mol. The first-order chi connectivity index (χ1) is 31.6. The van der Waals surface area contributed by atoms with Gasteiger partial charge < -0.3 is 50.9 Å². The number of rotatable bonds is 34. The van der Waals surface area contributed by atoms with Crippen LogP contribution in [0.4, 0.5) is 5.82 Å². The highest BCUT2D eigenvalue weighted by Gasteiger charge is 2.50. The maximum atomic E-state index is 12.7. The van der Waals surface area contributed by atoms with Gasteiger partial charge in [-0.25, -0.2) is 28.6 Å². The number of carbonyl (C=O) groups excluding carboxylic acids is 3. The van der Waals surface area contributed by atoms with Crippen molar-refractivity contribution in [3.05, 3.63) is 24.8 Å². The van der Waals surface area contributed by atoms with E-state index in [4.69, 9.17) is 19.5 Å². The number of imidazole rings is 1. The Morgan fingerprint density at radius 3 is 2.18 bits per heavy atom. The molecule has 2 amide bonds. The van der Waals surface area contributed by atoms with E-state index in [1.54, 1.807) is 0 Å². The van der Waals surface area contributed by atoms with Crippen LogP contribution >= 0.6 is 35.2 Å². The Hall–Kier alpha value is -2.70. The number of nitrogen functional groups attached to an aromatic ring is 1. The third kappa shape index (κ3) is 21.9. The zero-order chi connectivity index (χ0) is 49.7. The molecule has 1 fully saturated rings. The lowest BCUT2D eigenvalue weighted by Gasteiger charge is -2.30. The molecule has 10 N–H and O–H groups in total. The van der Waals surface area contributed by atoms with Crippen molar-refractivity contribution in [1.29, 1.82) is 0 Å². The lowest BCUT2D eigenvalue weighted by Crippen LogP contribution is -2.46. The van der Waals surface area contributed by atoms with Crippen LogP contribution in [-0.2, 0) is 50.7 Å². The second-order valence-electron chi connectivity index (χ2n) is 16.6. The lowest BCUT2D eigenvalue weighted by molar-refractivity contribution is -0.137. The number of unbranched alkanes of at least 4 members (excludes halogenated alkanes) is 11. The molecule has 0 aromatic carbocycles. The maximum absolute atomic E-state index is 12.7. The van der Waals surface area contributed by atoms with E-state index in [2.05, 4.69) is 53.5 Å². The molecule has 0 spiro atoms. The molecule has 1 aliphatic rings. The Bertz CT molecular complexity index is 2040. The van der Waals surface area contributed by atoms with Crippen LogP contribution in [0.25, 0.3) is 11.2 Å². The van der Waals surface area contributed by atoms with Crippen LogP contribution in [0.15, 0.2) is 24.8 Å². The van der Waals surface area contributed by atoms with Crippen molar-refractivity contribution in [2.24, 2.45) is 5.41 Å². The number of thioether (sulfide) groups is 1. The van der Waals surface area contributed by atoms with Crippen LogP contribution < -0.4 is 16.4 Å². The van der Waals surface area contributed by atoms with E-state index in [0.717, 1.165) is 54.7 Å². The van der Waals surface area contributed by atoms with E-state index in [0.29, 0.717) is 12.2 Å². The van der Waals surface area contributed by atoms with Gasteiger partial charge in [0.2, 0.25) is 11.8 Å². The maximum Gasteiger partial charge on any atom is 0.481 e. The van der Waals surface area contributed by atoms with E-state index in [9.17, 15) is 57.9 Å². The average Bonchev–Trinajstić information content (AvgIpc) is 3.81.